The number of benzene rings is 1. The van der Waals surface area contributed by atoms with Gasteiger partial charge in [-0.2, -0.15) is 0 Å². The Balaban J connectivity index is 1.41. The lowest BCUT2D eigenvalue weighted by molar-refractivity contribution is -0.121. The Labute approximate surface area is 147 Å². The van der Waals surface area contributed by atoms with Gasteiger partial charge in [-0.3, -0.25) is 4.79 Å². The first kappa shape index (κ1) is 16.4. The van der Waals surface area contributed by atoms with E-state index < -0.39 is 9.84 Å². The van der Waals surface area contributed by atoms with Gasteiger partial charge in [0.15, 0.2) is 9.84 Å². The number of hydrogen-bond donors (Lipinski definition) is 2. The van der Waals surface area contributed by atoms with E-state index in [-0.39, 0.29) is 24.0 Å². The van der Waals surface area contributed by atoms with Gasteiger partial charge in [0, 0.05) is 40.9 Å². The van der Waals surface area contributed by atoms with Crippen molar-refractivity contribution in [3.8, 4) is 0 Å². The lowest BCUT2D eigenvalue weighted by atomic mass is 9.95. The van der Waals surface area contributed by atoms with Crippen molar-refractivity contribution in [2.75, 3.05) is 5.75 Å². The quantitative estimate of drug-likeness (QED) is 0.882. The summed E-state index contributed by atoms with van der Waals surface area (Å²) in [5.41, 5.74) is 5.03. The van der Waals surface area contributed by atoms with E-state index in [1.165, 1.54) is 40.4 Å². The number of rotatable bonds is 4. The van der Waals surface area contributed by atoms with Crippen molar-refractivity contribution in [2.24, 2.45) is 5.92 Å². The molecule has 5 nitrogen and oxygen atoms in total. The summed E-state index contributed by atoms with van der Waals surface area (Å²) >= 11 is 0. The normalized spacial score (nSPS) is 21.4. The number of aryl methyl sites for hydroxylation is 2. The monoisotopic (exact) mass is 358 g/mol. The van der Waals surface area contributed by atoms with Crippen LogP contribution in [0, 0.1) is 5.92 Å². The Morgan fingerprint density at radius 2 is 2.08 bits per heavy atom. The molecule has 1 aromatic heterocycles. The number of carbonyl (C=O) groups excluding carboxylic acids is 1. The third-order valence-electron chi connectivity index (χ3n) is 5.10. The summed E-state index contributed by atoms with van der Waals surface area (Å²) in [5, 5.41) is 5.40. The topological polar surface area (TPSA) is 79.0 Å². The number of hydrogen-bond acceptors (Lipinski definition) is 3. The van der Waals surface area contributed by atoms with Gasteiger partial charge in [-0.1, -0.05) is 12.1 Å². The maximum atomic E-state index is 12.1. The van der Waals surface area contributed by atoms with E-state index in [9.17, 15) is 13.2 Å². The fourth-order valence-corrected chi connectivity index (χ4v) is 5.24. The van der Waals surface area contributed by atoms with Crippen LogP contribution in [0.25, 0.3) is 10.9 Å². The van der Waals surface area contributed by atoms with Gasteiger partial charge in [0.05, 0.1) is 5.75 Å². The van der Waals surface area contributed by atoms with Gasteiger partial charge in [0.25, 0.3) is 0 Å². The van der Waals surface area contributed by atoms with Gasteiger partial charge in [0.1, 0.15) is 0 Å². The van der Waals surface area contributed by atoms with Crippen LogP contribution in [0.4, 0.5) is 0 Å². The van der Waals surface area contributed by atoms with E-state index in [4.69, 9.17) is 0 Å². The van der Waals surface area contributed by atoms with Crippen LogP contribution >= 0.6 is 0 Å². The predicted molar refractivity (Wildman–Crippen MR) is 97.8 cm³/mol. The minimum atomic E-state index is -3.10. The Hall–Kier alpha value is -2.08. The zero-order valence-electron chi connectivity index (χ0n) is 14.0. The molecule has 2 aliphatic rings. The van der Waals surface area contributed by atoms with E-state index in [1.54, 1.807) is 6.08 Å². The molecule has 132 valence electrons. The van der Waals surface area contributed by atoms with Crippen molar-refractivity contribution in [1.29, 1.82) is 0 Å². The van der Waals surface area contributed by atoms with Crippen molar-refractivity contribution in [3.05, 3.63) is 46.5 Å². The molecule has 2 heterocycles. The molecule has 0 unspecified atom stereocenters. The number of nitrogens with one attached hydrogen (secondary N) is 2. The lowest BCUT2D eigenvalue weighted by Gasteiger charge is -2.11. The molecule has 1 amide bonds. The molecule has 0 spiro atoms. The first-order chi connectivity index (χ1) is 12.0. The average Bonchev–Trinajstić information content (AvgIpc) is 3.12. The second-order valence-corrected chi connectivity index (χ2v) is 9.00. The van der Waals surface area contributed by atoms with Crippen molar-refractivity contribution in [3.63, 3.8) is 0 Å². The highest BCUT2D eigenvalue weighted by Crippen LogP contribution is 2.29. The molecular weight excluding hydrogens is 336 g/mol. The SMILES string of the molecule is O=C(C[C@H]1C=CS(=O)(=O)C1)NCc1ccc2[nH]c3c(c2c1)CCCC3. The summed E-state index contributed by atoms with van der Waals surface area (Å²) in [6, 6.07) is 6.28. The summed E-state index contributed by atoms with van der Waals surface area (Å²) in [6.07, 6.45) is 6.55. The van der Waals surface area contributed by atoms with Crippen LogP contribution in [0.1, 0.15) is 36.1 Å². The number of carbonyl (C=O) groups is 1. The lowest BCUT2D eigenvalue weighted by Crippen LogP contribution is -2.25. The molecule has 1 aliphatic carbocycles. The van der Waals surface area contributed by atoms with Gasteiger partial charge >= 0.3 is 0 Å². The summed E-state index contributed by atoms with van der Waals surface area (Å²) in [7, 11) is -3.10. The zero-order valence-corrected chi connectivity index (χ0v) is 14.9. The van der Waals surface area contributed by atoms with Crippen molar-refractivity contribution >= 4 is 26.6 Å². The van der Waals surface area contributed by atoms with Crippen LogP contribution in [-0.4, -0.2) is 25.1 Å². The number of aromatic amines is 1. The number of allylic oxidation sites excluding steroid dienone is 1. The fraction of sp³-hybridized carbons (Fsp3) is 0.421. The number of fused-ring (bicyclic) bond motifs is 3. The molecule has 0 saturated carbocycles. The van der Waals surface area contributed by atoms with Crippen LogP contribution in [-0.2, 0) is 34.0 Å². The molecule has 2 aromatic rings. The van der Waals surface area contributed by atoms with Crippen LogP contribution < -0.4 is 5.32 Å². The third kappa shape index (κ3) is 3.49. The first-order valence-corrected chi connectivity index (χ1v) is 10.5. The predicted octanol–water partition coefficient (Wildman–Crippen LogP) is 2.61. The molecule has 0 bridgehead atoms. The van der Waals surface area contributed by atoms with Gasteiger partial charge in [-0.05, 0) is 48.9 Å². The van der Waals surface area contributed by atoms with E-state index in [1.807, 2.05) is 6.07 Å². The average molecular weight is 358 g/mol. The van der Waals surface area contributed by atoms with E-state index in [2.05, 4.69) is 22.4 Å². The zero-order chi connectivity index (χ0) is 17.4. The Morgan fingerprint density at radius 1 is 1.24 bits per heavy atom. The van der Waals surface area contributed by atoms with E-state index >= 15 is 0 Å². The molecule has 0 radical (unpaired) electrons. The number of amides is 1. The van der Waals surface area contributed by atoms with Crippen LogP contribution in [0.2, 0.25) is 0 Å². The second-order valence-electron chi connectivity index (χ2n) is 7.07. The highest BCUT2D eigenvalue weighted by molar-refractivity contribution is 7.94. The van der Waals surface area contributed by atoms with Crippen molar-refractivity contribution < 1.29 is 13.2 Å². The number of aromatic nitrogens is 1. The second kappa shape index (κ2) is 6.33. The molecule has 0 fully saturated rings. The number of H-pyrrole nitrogens is 1. The van der Waals surface area contributed by atoms with Gasteiger partial charge in [-0.25, -0.2) is 8.42 Å². The molecule has 1 atom stereocenters. The van der Waals surface area contributed by atoms with Crippen LogP contribution in [0.3, 0.4) is 0 Å². The molecule has 25 heavy (non-hydrogen) atoms. The maximum absolute atomic E-state index is 12.1. The van der Waals surface area contributed by atoms with Crippen molar-refractivity contribution in [1.82, 2.24) is 10.3 Å². The summed E-state index contributed by atoms with van der Waals surface area (Å²) in [5.74, 6) is -0.269. The molecule has 1 aliphatic heterocycles. The Bertz CT molecular complexity index is 956. The fourth-order valence-electron chi connectivity index (χ4n) is 3.84. The first-order valence-electron chi connectivity index (χ1n) is 8.80. The molecule has 2 N–H and O–H groups in total. The standard InChI is InChI=1S/C19H22N2O3S/c22-19(10-14-7-8-25(23,24)12-14)20-11-13-5-6-18-16(9-13)15-3-1-2-4-17(15)21-18/h5-9,14,21H,1-4,10-12H2,(H,20,22)/t14-/m1/s1. The molecular formula is C19H22N2O3S. The Kier molecular flexibility index (Phi) is 4.15. The minimum Gasteiger partial charge on any atom is -0.358 e. The van der Waals surface area contributed by atoms with Gasteiger partial charge in [-0.15, -0.1) is 0 Å². The molecule has 4 rings (SSSR count). The molecule has 0 saturated heterocycles. The van der Waals surface area contributed by atoms with Gasteiger partial charge in [0.2, 0.25) is 5.91 Å². The van der Waals surface area contributed by atoms with Crippen LogP contribution in [0.15, 0.2) is 29.7 Å². The smallest absolute Gasteiger partial charge is 0.220 e. The largest absolute Gasteiger partial charge is 0.358 e. The third-order valence-corrected chi connectivity index (χ3v) is 6.57. The highest BCUT2D eigenvalue weighted by Gasteiger charge is 2.23. The van der Waals surface area contributed by atoms with E-state index in [0.29, 0.717) is 6.54 Å². The van der Waals surface area contributed by atoms with Crippen LogP contribution in [0.5, 0.6) is 0 Å². The van der Waals surface area contributed by atoms with Gasteiger partial charge < -0.3 is 10.3 Å². The molecule has 1 aromatic carbocycles. The minimum absolute atomic E-state index is 0.0435. The van der Waals surface area contributed by atoms with E-state index in [0.717, 1.165) is 18.4 Å². The highest BCUT2D eigenvalue weighted by atomic mass is 32.2. The summed E-state index contributed by atoms with van der Waals surface area (Å²) < 4.78 is 22.8. The number of sulfone groups is 1. The summed E-state index contributed by atoms with van der Waals surface area (Å²) in [6.45, 7) is 0.470. The maximum Gasteiger partial charge on any atom is 0.220 e. The van der Waals surface area contributed by atoms with Crippen molar-refractivity contribution in [2.45, 2.75) is 38.6 Å². The Morgan fingerprint density at radius 3 is 2.88 bits per heavy atom. The summed E-state index contributed by atoms with van der Waals surface area (Å²) in [4.78, 5) is 15.6. The molecule has 6 heteroatoms.